The Balaban J connectivity index is 2.44. The summed E-state index contributed by atoms with van der Waals surface area (Å²) >= 11 is 0. The average molecular weight is 213 g/mol. The van der Waals surface area contributed by atoms with Crippen molar-refractivity contribution in [3.8, 4) is 0 Å². The van der Waals surface area contributed by atoms with Crippen molar-refractivity contribution in [3.63, 3.8) is 0 Å². The van der Waals surface area contributed by atoms with E-state index in [-0.39, 0.29) is 0 Å². The zero-order chi connectivity index (χ0) is 11.7. The highest BCUT2D eigenvalue weighted by Gasteiger charge is 2.44. The Labute approximate surface area is 92.0 Å². The molecule has 15 heavy (non-hydrogen) atoms. The van der Waals surface area contributed by atoms with E-state index in [1.807, 2.05) is 0 Å². The van der Waals surface area contributed by atoms with E-state index in [9.17, 15) is 4.79 Å². The monoisotopic (exact) mass is 213 g/mol. The minimum Gasteiger partial charge on any atom is -0.480 e. The molecule has 0 heterocycles. The van der Waals surface area contributed by atoms with Gasteiger partial charge in [-0.05, 0) is 43.9 Å². The molecular weight excluding hydrogens is 190 g/mol. The van der Waals surface area contributed by atoms with Gasteiger partial charge in [-0.15, -0.1) is 0 Å². The summed E-state index contributed by atoms with van der Waals surface area (Å²) in [5.74, 6) is -0.252. The van der Waals surface area contributed by atoms with Crippen molar-refractivity contribution in [1.82, 2.24) is 0 Å². The van der Waals surface area contributed by atoms with E-state index in [0.717, 1.165) is 12.8 Å². The summed E-state index contributed by atoms with van der Waals surface area (Å²) in [5, 5.41) is 8.92. The van der Waals surface area contributed by atoms with Crippen LogP contribution in [0.15, 0.2) is 0 Å². The van der Waals surface area contributed by atoms with Gasteiger partial charge in [0.2, 0.25) is 0 Å². The molecule has 0 radical (unpaired) electrons. The van der Waals surface area contributed by atoms with E-state index in [4.69, 9.17) is 10.8 Å². The average Bonchev–Trinajstić information content (AvgIpc) is 2.85. The molecule has 3 heteroatoms. The molecule has 1 fully saturated rings. The van der Waals surface area contributed by atoms with Crippen LogP contribution in [0.4, 0.5) is 0 Å². The third-order valence-electron chi connectivity index (χ3n) is 4.02. The lowest BCUT2D eigenvalue weighted by atomic mass is 9.81. The third kappa shape index (κ3) is 2.94. The van der Waals surface area contributed by atoms with E-state index in [2.05, 4.69) is 13.8 Å². The van der Waals surface area contributed by atoms with E-state index in [1.165, 1.54) is 12.8 Å². The first-order valence-electron chi connectivity index (χ1n) is 5.84. The van der Waals surface area contributed by atoms with Gasteiger partial charge >= 0.3 is 5.97 Å². The molecule has 88 valence electrons. The molecule has 0 spiro atoms. The van der Waals surface area contributed by atoms with Crippen LogP contribution >= 0.6 is 0 Å². The summed E-state index contributed by atoms with van der Waals surface area (Å²) < 4.78 is 0. The molecule has 0 amide bonds. The van der Waals surface area contributed by atoms with E-state index in [0.29, 0.717) is 17.8 Å². The minimum absolute atomic E-state index is 0.476. The highest BCUT2D eigenvalue weighted by molar-refractivity contribution is 5.77. The van der Waals surface area contributed by atoms with Crippen LogP contribution in [0.5, 0.6) is 0 Å². The van der Waals surface area contributed by atoms with Gasteiger partial charge in [-0.2, -0.15) is 0 Å². The Morgan fingerprint density at radius 2 is 2.13 bits per heavy atom. The van der Waals surface area contributed by atoms with Crippen molar-refractivity contribution >= 4 is 5.97 Å². The summed E-state index contributed by atoms with van der Waals surface area (Å²) in [6, 6.07) is 0. The fraction of sp³-hybridized carbons (Fsp3) is 0.917. The van der Waals surface area contributed by atoms with Crippen LogP contribution in [-0.4, -0.2) is 16.6 Å². The molecule has 2 unspecified atom stereocenters. The lowest BCUT2D eigenvalue weighted by molar-refractivity contribution is -0.143. The molecule has 0 aliphatic heterocycles. The summed E-state index contributed by atoms with van der Waals surface area (Å²) in [4.78, 5) is 10.9. The predicted octanol–water partition coefficient (Wildman–Crippen LogP) is 2.39. The van der Waals surface area contributed by atoms with Gasteiger partial charge in [-0.25, -0.2) is 0 Å². The van der Waals surface area contributed by atoms with Crippen molar-refractivity contribution in [2.75, 3.05) is 0 Å². The van der Waals surface area contributed by atoms with Crippen LogP contribution in [0.2, 0.25) is 0 Å². The number of carboxylic acid groups (broad SMARTS) is 1. The topological polar surface area (TPSA) is 63.3 Å². The van der Waals surface area contributed by atoms with Gasteiger partial charge in [0, 0.05) is 0 Å². The summed E-state index contributed by atoms with van der Waals surface area (Å²) in [6.45, 7) is 6.09. The van der Waals surface area contributed by atoms with Crippen LogP contribution in [0.1, 0.15) is 52.9 Å². The Morgan fingerprint density at radius 1 is 1.60 bits per heavy atom. The van der Waals surface area contributed by atoms with Crippen LogP contribution in [0.25, 0.3) is 0 Å². The molecule has 1 aliphatic carbocycles. The van der Waals surface area contributed by atoms with Crippen LogP contribution in [0, 0.1) is 11.3 Å². The first-order valence-corrected chi connectivity index (χ1v) is 5.84. The maximum atomic E-state index is 10.9. The largest absolute Gasteiger partial charge is 0.480 e. The van der Waals surface area contributed by atoms with Gasteiger partial charge in [0.05, 0.1) is 0 Å². The number of carbonyl (C=O) groups is 1. The number of hydrogen-bond donors (Lipinski definition) is 2. The van der Waals surface area contributed by atoms with Gasteiger partial charge in [-0.1, -0.05) is 20.3 Å². The van der Waals surface area contributed by atoms with Crippen molar-refractivity contribution in [2.45, 2.75) is 58.4 Å². The number of hydrogen-bond acceptors (Lipinski definition) is 2. The molecule has 3 nitrogen and oxygen atoms in total. The summed E-state index contributed by atoms with van der Waals surface area (Å²) in [5.41, 5.74) is 5.15. The van der Waals surface area contributed by atoms with Gasteiger partial charge in [-0.3, -0.25) is 4.79 Å². The van der Waals surface area contributed by atoms with E-state index in [1.54, 1.807) is 6.92 Å². The number of rotatable bonds is 6. The molecule has 1 saturated carbocycles. The minimum atomic E-state index is -1.06. The summed E-state index contributed by atoms with van der Waals surface area (Å²) in [6.07, 6.45) is 5.23. The molecule has 2 atom stereocenters. The number of aliphatic carboxylic acids is 1. The van der Waals surface area contributed by atoms with E-state index >= 15 is 0 Å². The van der Waals surface area contributed by atoms with Crippen molar-refractivity contribution < 1.29 is 9.90 Å². The fourth-order valence-corrected chi connectivity index (χ4v) is 2.23. The Hall–Kier alpha value is -0.570. The second-order valence-electron chi connectivity index (χ2n) is 5.52. The van der Waals surface area contributed by atoms with Gasteiger partial charge in [0.1, 0.15) is 5.54 Å². The molecule has 1 aliphatic rings. The normalized spacial score (nSPS) is 24.3. The maximum absolute atomic E-state index is 10.9. The highest BCUT2D eigenvalue weighted by Crippen LogP contribution is 2.54. The first kappa shape index (κ1) is 12.5. The quantitative estimate of drug-likeness (QED) is 0.712. The molecule has 3 N–H and O–H groups in total. The second kappa shape index (κ2) is 4.12. The number of nitrogens with two attached hydrogens (primary N) is 1. The van der Waals surface area contributed by atoms with Crippen LogP contribution in [0.3, 0.4) is 0 Å². The lowest BCUT2D eigenvalue weighted by Crippen LogP contribution is -2.45. The maximum Gasteiger partial charge on any atom is 0.323 e. The van der Waals surface area contributed by atoms with Gasteiger partial charge < -0.3 is 10.8 Å². The molecule has 0 aromatic heterocycles. The molecule has 0 aromatic rings. The molecule has 1 rings (SSSR count). The SMILES string of the molecule is CCC(CCC(C)(N)C(=O)O)C1(C)CC1. The first-order chi connectivity index (χ1) is 6.82. The Kier molecular flexibility index (Phi) is 3.44. The Morgan fingerprint density at radius 3 is 2.47 bits per heavy atom. The highest BCUT2D eigenvalue weighted by atomic mass is 16.4. The second-order valence-corrected chi connectivity index (χ2v) is 5.52. The predicted molar refractivity (Wildman–Crippen MR) is 60.6 cm³/mol. The Bertz CT molecular complexity index is 244. The lowest BCUT2D eigenvalue weighted by Gasteiger charge is -2.26. The summed E-state index contributed by atoms with van der Waals surface area (Å²) in [7, 11) is 0. The standard InChI is InChI=1S/C12H23NO2/c1-4-9(11(2)7-8-11)5-6-12(3,13)10(14)15/h9H,4-8,13H2,1-3H3,(H,14,15). The number of carboxylic acids is 1. The van der Waals surface area contributed by atoms with Gasteiger partial charge in [0.15, 0.2) is 0 Å². The van der Waals surface area contributed by atoms with Crippen molar-refractivity contribution in [3.05, 3.63) is 0 Å². The van der Waals surface area contributed by atoms with Crippen LogP contribution in [-0.2, 0) is 4.79 Å². The third-order valence-corrected chi connectivity index (χ3v) is 4.02. The van der Waals surface area contributed by atoms with E-state index < -0.39 is 11.5 Å². The smallest absolute Gasteiger partial charge is 0.323 e. The fourth-order valence-electron chi connectivity index (χ4n) is 2.23. The molecular formula is C12H23NO2. The zero-order valence-corrected chi connectivity index (χ0v) is 10.0. The molecule has 0 bridgehead atoms. The van der Waals surface area contributed by atoms with Crippen molar-refractivity contribution in [1.29, 1.82) is 0 Å². The van der Waals surface area contributed by atoms with Crippen LogP contribution < -0.4 is 5.73 Å². The molecule has 0 aromatic carbocycles. The zero-order valence-electron chi connectivity index (χ0n) is 10.0. The molecule has 0 saturated heterocycles. The van der Waals surface area contributed by atoms with Crippen molar-refractivity contribution in [2.24, 2.45) is 17.1 Å². The van der Waals surface area contributed by atoms with Gasteiger partial charge in [0.25, 0.3) is 0 Å².